The lowest BCUT2D eigenvalue weighted by molar-refractivity contribution is -0.377. The molecule has 0 amide bonds. The van der Waals surface area contributed by atoms with E-state index < -0.39 is 54.2 Å². The minimum atomic E-state index is -1.16. The van der Waals surface area contributed by atoms with Gasteiger partial charge in [0, 0.05) is 6.42 Å². The molecule has 0 heterocycles. The Labute approximate surface area is 168 Å². The molecule has 7 unspecified atom stereocenters. The summed E-state index contributed by atoms with van der Waals surface area (Å²) in [6.07, 6.45) is -0.567. The maximum absolute atomic E-state index is 12.4. The van der Waals surface area contributed by atoms with Gasteiger partial charge < -0.3 is 25.2 Å². The second-order valence-corrected chi connectivity index (χ2v) is 7.85. The van der Waals surface area contributed by atoms with Gasteiger partial charge in [0.05, 0.1) is 36.6 Å². The number of carbonyl (C=O) groups is 3. The van der Waals surface area contributed by atoms with E-state index in [1.165, 1.54) is 0 Å². The van der Waals surface area contributed by atoms with Crippen LogP contribution in [0.1, 0.15) is 51.9 Å². The van der Waals surface area contributed by atoms with Crippen LogP contribution in [0.15, 0.2) is 0 Å². The molecular formula is C19H30O10. The monoisotopic (exact) mass is 418 g/mol. The van der Waals surface area contributed by atoms with E-state index in [1.807, 2.05) is 0 Å². The fraction of sp³-hybridized carbons (Fsp3) is 0.842. The summed E-state index contributed by atoms with van der Waals surface area (Å²) < 4.78 is 5.25. The molecule has 2 aliphatic rings. The Bertz CT molecular complexity index is 579. The summed E-state index contributed by atoms with van der Waals surface area (Å²) in [6.45, 7) is 1.67. The van der Waals surface area contributed by atoms with Crippen molar-refractivity contribution in [3.8, 4) is 0 Å². The van der Waals surface area contributed by atoms with Gasteiger partial charge in [-0.2, -0.15) is 4.89 Å². The fourth-order valence-electron chi connectivity index (χ4n) is 4.01. The van der Waals surface area contributed by atoms with E-state index in [0.29, 0.717) is 19.3 Å². The number of ether oxygens (including phenoxy) is 1. The highest BCUT2D eigenvalue weighted by Gasteiger charge is 2.41. The van der Waals surface area contributed by atoms with E-state index in [0.717, 1.165) is 0 Å². The third-order valence-corrected chi connectivity index (χ3v) is 5.76. The molecule has 4 N–H and O–H groups in total. The number of hydrogen-bond donors (Lipinski definition) is 4. The van der Waals surface area contributed by atoms with E-state index in [9.17, 15) is 34.8 Å². The third kappa shape index (κ3) is 6.63. The van der Waals surface area contributed by atoms with Gasteiger partial charge in [-0.15, -0.1) is 0 Å². The SMILES string of the molecule is CCC(OOCC1CCC(O)CC1C(=O)O)OC(=O)C1CCC(O)CC1C(=O)O. The number of carboxylic acids is 2. The number of aliphatic hydroxyl groups excluding tert-OH is 2. The Morgan fingerprint density at radius 3 is 2.07 bits per heavy atom. The van der Waals surface area contributed by atoms with Gasteiger partial charge in [-0.25, -0.2) is 4.89 Å². The number of aliphatic carboxylic acids is 2. The van der Waals surface area contributed by atoms with E-state index >= 15 is 0 Å². The lowest BCUT2D eigenvalue weighted by atomic mass is 9.78. The van der Waals surface area contributed by atoms with Crippen LogP contribution in [0.5, 0.6) is 0 Å². The Balaban J connectivity index is 1.84. The van der Waals surface area contributed by atoms with Crippen molar-refractivity contribution in [3.05, 3.63) is 0 Å². The summed E-state index contributed by atoms with van der Waals surface area (Å²) in [5, 5.41) is 37.9. The molecule has 0 aliphatic heterocycles. The van der Waals surface area contributed by atoms with Crippen LogP contribution in [-0.2, 0) is 28.9 Å². The highest BCUT2D eigenvalue weighted by molar-refractivity contribution is 5.81. The summed E-state index contributed by atoms with van der Waals surface area (Å²) >= 11 is 0. The first-order chi connectivity index (χ1) is 13.7. The topological polar surface area (TPSA) is 160 Å². The van der Waals surface area contributed by atoms with Crippen LogP contribution in [-0.4, -0.2) is 63.4 Å². The average Bonchev–Trinajstić information content (AvgIpc) is 2.67. The molecule has 166 valence electrons. The minimum absolute atomic E-state index is 0.00659. The summed E-state index contributed by atoms with van der Waals surface area (Å²) in [6, 6.07) is 0. The molecule has 0 aromatic heterocycles. The molecule has 0 spiro atoms. The third-order valence-electron chi connectivity index (χ3n) is 5.76. The Hall–Kier alpha value is -1.75. The van der Waals surface area contributed by atoms with Crippen molar-refractivity contribution >= 4 is 17.9 Å². The van der Waals surface area contributed by atoms with Gasteiger partial charge in [0.15, 0.2) is 0 Å². The molecule has 0 aromatic rings. The van der Waals surface area contributed by atoms with Gasteiger partial charge in [-0.1, -0.05) is 6.92 Å². The van der Waals surface area contributed by atoms with Crippen LogP contribution in [0, 0.1) is 23.7 Å². The molecule has 2 rings (SSSR count). The van der Waals surface area contributed by atoms with Gasteiger partial charge in [0.2, 0.25) is 6.29 Å². The van der Waals surface area contributed by atoms with Crippen LogP contribution in [0.4, 0.5) is 0 Å². The second-order valence-electron chi connectivity index (χ2n) is 7.85. The first-order valence-electron chi connectivity index (χ1n) is 10.0. The summed E-state index contributed by atoms with van der Waals surface area (Å²) in [5.74, 6) is -5.84. The van der Waals surface area contributed by atoms with Crippen LogP contribution in [0.2, 0.25) is 0 Å². The van der Waals surface area contributed by atoms with Gasteiger partial charge >= 0.3 is 17.9 Å². The number of esters is 1. The van der Waals surface area contributed by atoms with Crippen molar-refractivity contribution in [1.29, 1.82) is 0 Å². The van der Waals surface area contributed by atoms with Crippen molar-refractivity contribution in [2.24, 2.45) is 23.7 Å². The molecule has 2 aliphatic carbocycles. The molecule has 0 bridgehead atoms. The lowest BCUT2D eigenvalue weighted by Gasteiger charge is -2.32. The minimum Gasteiger partial charge on any atom is -0.481 e. The highest BCUT2D eigenvalue weighted by atomic mass is 17.2. The van der Waals surface area contributed by atoms with E-state index in [4.69, 9.17) is 14.5 Å². The Kier molecular flexibility index (Phi) is 8.81. The predicted octanol–water partition coefficient (Wildman–Crippen LogP) is 0.938. The zero-order valence-corrected chi connectivity index (χ0v) is 16.4. The molecule has 7 atom stereocenters. The molecule has 0 saturated heterocycles. The van der Waals surface area contributed by atoms with Gasteiger partial charge in [-0.05, 0) is 44.4 Å². The summed E-state index contributed by atoms with van der Waals surface area (Å²) in [7, 11) is 0. The Morgan fingerprint density at radius 1 is 0.897 bits per heavy atom. The summed E-state index contributed by atoms with van der Waals surface area (Å²) in [5.41, 5.74) is 0. The number of hydrogen-bond acceptors (Lipinski definition) is 8. The lowest BCUT2D eigenvalue weighted by Crippen LogP contribution is -2.40. The standard InChI is InChI=1S/C19H30O10/c1-2-16(28-19(26)13-6-5-12(21)8-15(13)18(24)25)29-27-9-10-3-4-11(20)7-14(10)17(22)23/h10-16,20-21H,2-9H2,1H3,(H,22,23)(H,24,25). The Morgan fingerprint density at radius 2 is 1.48 bits per heavy atom. The fourth-order valence-corrected chi connectivity index (χ4v) is 4.01. The van der Waals surface area contributed by atoms with Crippen LogP contribution >= 0.6 is 0 Å². The van der Waals surface area contributed by atoms with Crippen molar-refractivity contribution in [3.63, 3.8) is 0 Å². The zero-order chi connectivity index (χ0) is 21.6. The predicted molar refractivity (Wildman–Crippen MR) is 96.2 cm³/mol. The van der Waals surface area contributed by atoms with Crippen LogP contribution < -0.4 is 0 Å². The molecule has 10 nitrogen and oxygen atoms in total. The van der Waals surface area contributed by atoms with E-state index in [1.54, 1.807) is 6.92 Å². The van der Waals surface area contributed by atoms with Crippen molar-refractivity contribution in [2.45, 2.75) is 70.4 Å². The van der Waals surface area contributed by atoms with Crippen molar-refractivity contribution in [1.82, 2.24) is 0 Å². The van der Waals surface area contributed by atoms with E-state index in [-0.39, 0.29) is 38.2 Å². The largest absolute Gasteiger partial charge is 0.481 e. The van der Waals surface area contributed by atoms with Crippen molar-refractivity contribution < 1.29 is 49.3 Å². The van der Waals surface area contributed by atoms with Crippen LogP contribution in [0.25, 0.3) is 0 Å². The van der Waals surface area contributed by atoms with Gasteiger partial charge in [-0.3, -0.25) is 14.4 Å². The quantitative estimate of drug-likeness (QED) is 0.184. The average molecular weight is 418 g/mol. The smallest absolute Gasteiger partial charge is 0.312 e. The maximum Gasteiger partial charge on any atom is 0.312 e. The zero-order valence-electron chi connectivity index (χ0n) is 16.4. The van der Waals surface area contributed by atoms with Gasteiger partial charge in [0.25, 0.3) is 0 Å². The first-order valence-corrected chi connectivity index (χ1v) is 10.0. The number of rotatable bonds is 9. The highest BCUT2D eigenvalue weighted by Crippen LogP contribution is 2.33. The second kappa shape index (κ2) is 10.9. The van der Waals surface area contributed by atoms with Crippen LogP contribution in [0.3, 0.4) is 0 Å². The number of carboxylic acid groups (broad SMARTS) is 2. The number of carbonyl (C=O) groups excluding carboxylic acids is 1. The first kappa shape index (κ1) is 23.5. The molecule has 0 radical (unpaired) electrons. The van der Waals surface area contributed by atoms with Crippen molar-refractivity contribution in [2.75, 3.05) is 6.61 Å². The van der Waals surface area contributed by atoms with E-state index in [2.05, 4.69) is 0 Å². The molecule has 0 aromatic carbocycles. The molecule has 2 fully saturated rings. The molecule has 29 heavy (non-hydrogen) atoms. The number of aliphatic hydroxyl groups is 2. The molecule has 2 saturated carbocycles. The molecular weight excluding hydrogens is 388 g/mol. The maximum atomic E-state index is 12.4. The van der Waals surface area contributed by atoms with Gasteiger partial charge in [0.1, 0.15) is 0 Å². The molecule has 10 heteroatoms. The summed E-state index contributed by atoms with van der Waals surface area (Å²) in [4.78, 5) is 45.4. The normalized spacial score (nSPS) is 33.6.